The van der Waals surface area contributed by atoms with Crippen LogP contribution in [0.3, 0.4) is 0 Å². The first-order chi connectivity index (χ1) is 13.3. The lowest BCUT2D eigenvalue weighted by molar-refractivity contribution is 0.0430. The zero-order chi connectivity index (χ0) is 18.5. The van der Waals surface area contributed by atoms with Gasteiger partial charge >= 0.3 is 5.97 Å². The summed E-state index contributed by atoms with van der Waals surface area (Å²) in [5.74, 6) is 0.163. The predicted molar refractivity (Wildman–Crippen MR) is 94.4 cm³/mol. The van der Waals surface area contributed by atoms with E-state index in [0.29, 0.717) is 17.9 Å². The third-order valence-electron chi connectivity index (χ3n) is 3.81. The molecular formula is C19H15N5O3. The molecule has 1 aromatic carbocycles. The number of ether oxygens (including phenoxy) is 1. The molecule has 0 bridgehead atoms. The fraction of sp³-hybridized carbons (Fsp3) is 0.105. The van der Waals surface area contributed by atoms with E-state index in [4.69, 9.17) is 9.26 Å². The molecule has 27 heavy (non-hydrogen) atoms. The largest absolute Gasteiger partial charge is 0.452 e. The molecule has 3 aromatic heterocycles. The summed E-state index contributed by atoms with van der Waals surface area (Å²) in [6, 6.07) is 12.6. The summed E-state index contributed by atoms with van der Waals surface area (Å²) in [6.45, 7) is 0.544. The molecule has 3 heterocycles. The number of hydrogen-bond donors (Lipinski definition) is 0. The highest BCUT2D eigenvalue weighted by Gasteiger charge is 2.12. The van der Waals surface area contributed by atoms with E-state index in [2.05, 4.69) is 20.2 Å². The van der Waals surface area contributed by atoms with Gasteiger partial charge in [-0.1, -0.05) is 17.3 Å². The summed E-state index contributed by atoms with van der Waals surface area (Å²) in [4.78, 5) is 20.4. The molecule has 0 N–H and O–H groups in total. The van der Waals surface area contributed by atoms with Gasteiger partial charge in [0.2, 0.25) is 5.82 Å². The maximum atomic E-state index is 12.2. The molecule has 0 atom stereocenters. The molecular weight excluding hydrogens is 346 g/mol. The maximum Gasteiger partial charge on any atom is 0.338 e. The highest BCUT2D eigenvalue weighted by atomic mass is 16.6. The number of rotatable bonds is 6. The molecule has 0 aliphatic heterocycles. The Bertz CT molecular complexity index is 1010. The van der Waals surface area contributed by atoms with Crippen molar-refractivity contribution in [3.63, 3.8) is 0 Å². The summed E-state index contributed by atoms with van der Waals surface area (Å²) >= 11 is 0. The van der Waals surface area contributed by atoms with Crippen molar-refractivity contribution in [3.05, 3.63) is 84.3 Å². The lowest BCUT2D eigenvalue weighted by Gasteiger charge is -2.04. The van der Waals surface area contributed by atoms with Gasteiger partial charge < -0.3 is 9.26 Å². The van der Waals surface area contributed by atoms with Crippen molar-refractivity contribution in [2.24, 2.45) is 0 Å². The molecule has 0 aliphatic rings. The van der Waals surface area contributed by atoms with E-state index in [0.717, 1.165) is 11.1 Å². The number of carbonyl (C=O) groups excluding carboxylic acids is 1. The van der Waals surface area contributed by atoms with E-state index in [1.165, 1.54) is 0 Å². The number of nitrogens with zero attached hydrogens (tertiary/aromatic N) is 5. The molecule has 8 heteroatoms. The van der Waals surface area contributed by atoms with E-state index < -0.39 is 5.97 Å². The van der Waals surface area contributed by atoms with E-state index in [1.807, 2.05) is 35.1 Å². The summed E-state index contributed by atoms with van der Waals surface area (Å²) in [6.07, 6.45) is 6.90. The maximum absolute atomic E-state index is 12.2. The Morgan fingerprint density at radius 2 is 2.00 bits per heavy atom. The van der Waals surface area contributed by atoms with Crippen LogP contribution in [0, 0.1) is 0 Å². The van der Waals surface area contributed by atoms with Crippen molar-refractivity contribution in [1.82, 2.24) is 24.9 Å². The van der Waals surface area contributed by atoms with Crippen LogP contribution in [-0.4, -0.2) is 30.9 Å². The summed E-state index contributed by atoms with van der Waals surface area (Å²) in [7, 11) is 0. The Morgan fingerprint density at radius 1 is 1.11 bits per heavy atom. The Kier molecular flexibility index (Phi) is 4.69. The minimum absolute atomic E-state index is 0.0961. The lowest BCUT2D eigenvalue weighted by Crippen LogP contribution is -2.06. The third kappa shape index (κ3) is 4.06. The summed E-state index contributed by atoms with van der Waals surface area (Å²) < 4.78 is 12.2. The van der Waals surface area contributed by atoms with Crippen LogP contribution in [0.25, 0.3) is 11.4 Å². The molecule has 4 rings (SSSR count). The average Bonchev–Trinajstić information content (AvgIpc) is 3.39. The fourth-order valence-corrected chi connectivity index (χ4v) is 2.46. The molecule has 4 aromatic rings. The molecule has 0 aliphatic carbocycles. The first-order valence-electron chi connectivity index (χ1n) is 8.24. The van der Waals surface area contributed by atoms with Gasteiger partial charge in [0, 0.05) is 30.4 Å². The van der Waals surface area contributed by atoms with Crippen LogP contribution < -0.4 is 0 Å². The number of benzene rings is 1. The molecule has 0 radical (unpaired) electrons. The van der Waals surface area contributed by atoms with Crippen LogP contribution in [0.1, 0.15) is 21.8 Å². The number of carbonyl (C=O) groups is 1. The van der Waals surface area contributed by atoms with E-state index in [-0.39, 0.29) is 12.5 Å². The summed E-state index contributed by atoms with van der Waals surface area (Å²) in [5.41, 5.74) is 2.21. The second-order valence-corrected chi connectivity index (χ2v) is 5.73. The third-order valence-corrected chi connectivity index (χ3v) is 3.81. The molecule has 0 fully saturated rings. The number of pyridine rings is 1. The lowest BCUT2D eigenvalue weighted by atomic mass is 10.1. The van der Waals surface area contributed by atoms with E-state index >= 15 is 0 Å². The van der Waals surface area contributed by atoms with Gasteiger partial charge in [-0.25, -0.2) is 4.79 Å². The molecule has 0 unspecified atom stereocenters. The van der Waals surface area contributed by atoms with E-state index in [1.54, 1.807) is 36.8 Å². The Hall–Kier alpha value is -3.81. The van der Waals surface area contributed by atoms with Crippen LogP contribution in [0.5, 0.6) is 0 Å². The van der Waals surface area contributed by atoms with E-state index in [9.17, 15) is 4.79 Å². The first-order valence-corrected chi connectivity index (χ1v) is 8.24. The van der Waals surface area contributed by atoms with Gasteiger partial charge in [0.15, 0.2) is 6.61 Å². The van der Waals surface area contributed by atoms with Gasteiger partial charge in [0.1, 0.15) is 0 Å². The van der Waals surface area contributed by atoms with Crippen molar-refractivity contribution in [2.45, 2.75) is 13.2 Å². The molecule has 0 spiro atoms. The minimum Gasteiger partial charge on any atom is -0.452 e. The minimum atomic E-state index is -0.457. The van der Waals surface area contributed by atoms with Crippen molar-refractivity contribution in [1.29, 1.82) is 0 Å². The van der Waals surface area contributed by atoms with Gasteiger partial charge in [0.25, 0.3) is 5.89 Å². The fourth-order valence-electron chi connectivity index (χ4n) is 2.46. The van der Waals surface area contributed by atoms with Crippen LogP contribution >= 0.6 is 0 Å². The van der Waals surface area contributed by atoms with Crippen LogP contribution in [0.2, 0.25) is 0 Å². The molecule has 8 nitrogen and oxygen atoms in total. The van der Waals surface area contributed by atoms with Crippen molar-refractivity contribution in [2.75, 3.05) is 0 Å². The van der Waals surface area contributed by atoms with Gasteiger partial charge in [-0.15, -0.1) is 0 Å². The number of aromatic nitrogens is 5. The summed E-state index contributed by atoms with van der Waals surface area (Å²) in [5, 5.41) is 8.01. The second-order valence-electron chi connectivity index (χ2n) is 5.73. The highest BCUT2D eigenvalue weighted by molar-refractivity contribution is 5.89. The first kappa shape index (κ1) is 16.6. The van der Waals surface area contributed by atoms with Gasteiger partial charge in [-0.05, 0) is 35.9 Å². The zero-order valence-corrected chi connectivity index (χ0v) is 14.2. The zero-order valence-electron chi connectivity index (χ0n) is 14.2. The second kappa shape index (κ2) is 7.61. The molecule has 134 valence electrons. The molecule has 0 saturated heterocycles. The normalized spacial score (nSPS) is 10.7. The standard InChI is InChI=1S/C19H15N5O3/c25-19(15-6-4-14(5-7-15)12-24-10-2-9-21-24)26-13-17-22-18(23-27-17)16-3-1-8-20-11-16/h1-11H,12-13H2. The van der Waals surface area contributed by atoms with Crippen molar-refractivity contribution >= 4 is 5.97 Å². The van der Waals surface area contributed by atoms with Crippen molar-refractivity contribution < 1.29 is 14.1 Å². The predicted octanol–water partition coefficient (Wildman–Crippen LogP) is 2.73. The van der Waals surface area contributed by atoms with Crippen LogP contribution in [0.15, 0.2) is 71.8 Å². The van der Waals surface area contributed by atoms with Crippen molar-refractivity contribution in [3.8, 4) is 11.4 Å². The molecule has 0 saturated carbocycles. The molecule has 0 amide bonds. The number of hydrogen-bond acceptors (Lipinski definition) is 7. The number of esters is 1. The quantitative estimate of drug-likeness (QED) is 0.487. The van der Waals surface area contributed by atoms with Gasteiger partial charge in [-0.2, -0.15) is 10.1 Å². The average molecular weight is 361 g/mol. The monoisotopic (exact) mass is 361 g/mol. The Balaban J connectivity index is 1.35. The van der Waals surface area contributed by atoms with Crippen LogP contribution in [0.4, 0.5) is 0 Å². The van der Waals surface area contributed by atoms with Gasteiger partial charge in [-0.3, -0.25) is 9.67 Å². The smallest absolute Gasteiger partial charge is 0.338 e. The van der Waals surface area contributed by atoms with Gasteiger partial charge in [0.05, 0.1) is 12.1 Å². The highest BCUT2D eigenvalue weighted by Crippen LogP contribution is 2.14. The Labute approximate surface area is 154 Å². The topological polar surface area (TPSA) is 95.9 Å². The van der Waals surface area contributed by atoms with Crippen LogP contribution in [-0.2, 0) is 17.9 Å². The SMILES string of the molecule is O=C(OCc1nc(-c2cccnc2)no1)c1ccc(Cn2cccn2)cc1. The Morgan fingerprint density at radius 3 is 2.74 bits per heavy atom.